The number of hydrogen-bond donors (Lipinski definition) is 3. The van der Waals surface area contributed by atoms with Crippen molar-refractivity contribution in [2.75, 3.05) is 6.54 Å². The van der Waals surface area contributed by atoms with Gasteiger partial charge in [0.25, 0.3) is 5.97 Å². The number of benzene rings is 2. The van der Waals surface area contributed by atoms with E-state index < -0.39 is 5.97 Å². The molecule has 4 nitrogen and oxygen atoms in total. The van der Waals surface area contributed by atoms with Gasteiger partial charge in [-0.15, -0.1) is 0 Å². The SMILES string of the molecule is CC(=O)O.Cc1ccc(C2NCCc3c2[nH]c2ccccc32)cc1. The largest absolute Gasteiger partial charge is 0.481 e. The first-order chi connectivity index (χ1) is 11.6. The number of carboxylic acids is 1. The topological polar surface area (TPSA) is 65.1 Å². The van der Waals surface area contributed by atoms with E-state index in [9.17, 15) is 0 Å². The monoisotopic (exact) mass is 322 g/mol. The molecule has 0 amide bonds. The molecule has 3 N–H and O–H groups in total. The van der Waals surface area contributed by atoms with Crippen LogP contribution in [0.4, 0.5) is 0 Å². The van der Waals surface area contributed by atoms with Crippen molar-refractivity contribution in [2.24, 2.45) is 0 Å². The fourth-order valence-corrected chi connectivity index (χ4v) is 3.22. The van der Waals surface area contributed by atoms with Crippen molar-refractivity contribution in [1.29, 1.82) is 0 Å². The summed E-state index contributed by atoms with van der Waals surface area (Å²) >= 11 is 0. The maximum Gasteiger partial charge on any atom is 0.300 e. The van der Waals surface area contributed by atoms with Crippen molar-refractivity contribution < 1.29 is 9.90 Å². The molecule has 24 heavy (non-hydrogen) atoms. The molecular formula is C20H22N2O2. The predicted molar refractivity (Wildman–Crippen MR) is 96.3 cm³/mol. The number of fused-ring (bicyclic) bond motifs is 3. The number of rotatable bonds is 1. The summed E-state index contributed by atoms with van der Waals surface area (Å²) < 4.78 is 0. The van der Waals surface area contributed by atoms with Gasteiger partial charge in [0.05, 0.1) is 6.04 Å². The molecule has 4 heteroatoms. The minimum atomic E-state index is -0.833. The Balaban J connectivity index is 0.000000383. The second-order valence-electron chi connectivity index (χ2n) is 6.13. The van der Waals surface area contributed by atoms with Crippen LogP contribution in [0.25, 0.3) is 10.9 Å². The highest BCUT2D eigenvalue weighted by atomic mass is 16.4. The Kier molecular flexibility index (Phi) is 4.67. The van der Waals surface area contributed by atoms with Crippen molar-refractivity contribution in [3.63, 3.8) is 0 Å². The van der Waals surface area contributed by atoms with Gasteiger partial charge < -0.3 is 15.4 Å². The minimum absolute atomic E-state index is 0.284. The van der Waals surface area contributed by atoms with Gasteiger partial charge in [0.15, 0.2) is 0 Å². The number of nitrogens with one attached hydrogen (secondary N) is 2. The lowest BCUT2D eigenvalue weighted by molar-refractivity contribution is -0.134. The molecule has 1 aliphatic rings. The smallest absolute Gasteiger partial charge is 0.300 e. The van der Waals surface area contributed by atoms with E-state index in [4.69, 9.17) is 9.90 Å². The Morgan fingerprint density at radius 1 is 1.12 bits per heavy atom. The van der Waals surface area contributed by atoms with E-state index in [2.05, 4.69) is 65.8 Å². The van der Waals surface area contributed by atoms with E-state index >= 15 is 0 Å². The molecule has 1 aliphatic heterocycles. The second-order valence-corrected chi connectivity index (χ2v) is 6.13. The number of carboxylic acid groups (broad SMARTS) is 1. The zero-order chi connectivity index (χ0) is 17.1. The number of para-hydroxylation sites is 1. The van der Waals surface area contributed by atoms with Crippen LogP contribution in [0.3, 0.4) is 0 Å². The number of aryl methyl sites for hydroxylation is 1. The lowest BCUT2D eigenvalue weighted by atomic mass is 9.94. The fraction of sp³-hybridized carbons (Fsp3) is 0.250. The molecule has 0 saturated carbocycles. The fourth-order valence-electron chi connectivity index (χ4n) is 3.22. The summed E-state index contributed by atoms with van der Waals surface area (Å²) in [6.07, 6.45) is 1.10. The van der Waals surface area contributed by atoms with Crippen LogP contribution in [0.5, 0.6) is 0 Å². The third-order valence-electron chi connectivity index (χ3n) is 4.27. The molecule has 4 rings (SSSR count). The quantitative estimate of drug-likeness (QED) is 0.638. The van der Waals surface area contributed by atoms with E-state index in [0.717, 1.165) is 19.9 Å². The van der Waals surface area contributed by atoms with Gasteiger partial charge in [-0.3, -0.25) is 4.79 Å². The maximum absolute atomic E-state index is 9.00. The third kappa shape index (κ3) is 3.34. The summed E-state index contributed by atoms with van der Waals surface area (Å²) in [7, 11) is 0. The van der Waals surface area contributed by atoms with Crippen LogP contribution in [0, 0.1) is 6.92 Å². The van der Waals surface area contributed by atoms with Gasteiger partial charge in [0, 0.05) is 30.1 Å². The summed E-state index contributed by atoms with van der Waals surface area (Å²) in [6.45, 7) is 4.25. The highest BCUT2D eigenvalue weighted by molar-refractivity contribution is 5.85. The maximum atomic E-state index is 9.00. The molecular weight excluding hydrogens is 300 g/mol. The summed E-state index contributed by atoms with van der Waals surface area (Å²) in [5.74, 6) is -0.833. The van der Waals surface area contributed by atoms with E-state index in [1.165, 1.54) is 33.3 Å². The van der Waals surface area contributed by atoms with Gasteiger partial charge in [-0.1, -0.05) is 48.0 Å². The average molecular weight is 322 g/mol. The van der Waals surface area contributed by atoms with Gasteiger partial charge in [-0.2, -0.15) is 0 Å². The Morgan fingerprint density at radius 3 is 2.50 bits per heavy atom. The standard InChI is InChI=1S/C18H18N2.C2H4O2/c1-12-6-8-13(9-7-12)17-18-15(10-11-19-17)14-4-2-3-5-16(14)20-18;1-2(3)4/h2-9,17,19-20H,10-11H2,1H3;1H3,(H,3,4). The van der Waals surface area contributed by atoms with E-state index in [1.807, 2.05) is 0 Å². The van der Waals surface area contributed by atoms with Crippen molar-refractivity contribution in [1.82, 2.24) is 10.3 Å². The summed E-state index contributed by atoms with van der Waals surface area (Å²) in [5.41, 5.74) is 6.70. The Hall–Kier alpha value is -2.59. The van der Waals surface area contributed by atoms with E-state index in [0.29, 0.717) is 0 Å². The van der Waals surface area contributed by atoms with Crippen molar-refractivity contribution in [3.8, 4) is 0 Å². The van der Waals surface area contributed by atoms with Crippen molar-refractivity contribution >= 4 is 16.9 Å². The molecule has 1 atom stereocenters. The molecule has 1 aromatic heterocycles. The zero-order valence-electron chi connectivity index (χ0n) is 14.0. The first kappa shape index (κ1) is 16.3. The van der Waals surface area contributed by atoms with Gasteiger partial charge in [-0.05, 0) is 30.5 Å². The number of carbonyl (C=O) groups is 1. The van der Waals surface area contributed by atoms with Crippen molar-refractivity contribution in [3.05, 3.63) is 70.9 Å². The highest BCUT2D eigenvalue weighted by Gasteiger charge is 2.24. The molecule has 2 heterocycles. The first-order valence-corrected chi connectivity index (χ1v) is 8.15. The lowest BCUT2D eigenvalue weighted by Gasteiger charge is -2.25. The zero-order valence-corrected chi connectivity index (χ0v) is 14.0. The number of H-pyrrole nitrogens is 1. The van der Waals surface area contributed by atoms with Gasteiger partial charge >= 0.3 is 0 Å². The Labute approximate surface area is 141 Å². The van der Waals surface area contributed by atoms with E-state index in [-0.39, 0.29) is 6.04 Å². The van der Waals surface area contributed by atoms with Crippen molar-refractivity contribution in [2.45, 2.75) is 26.3 Å². The van der Waals surface area contributed by atoms with Gasteiger partial charge in [-0.25, -0.2) is 0 Å². The number of hydrogen-bond acceptors (Lipinski definition) is 2. The molecule has 2 aromatic carbocycles. The first-order valence-electron chi connectivity index (χ1n) is 8.15. The molecule has 0 radical (unpaired) electrons. The summed E-state index contributed by atoms with van der Waals surface area (Å²) in [5, 5.41) is 12.4. The van der Waals surface area contributed by atoms with Gasteiger partial charge in [0.2, 0.25) is 0 Å². The molecule has 0 spiro atoms. The molecule has 0 saturated heterocycles. The molecule has 0 aliphatic carbocycles. The average Bonchev–Trinajstić information content (AvgIpc) is 2.94. The molecule has 1 unspecified atom stereocenters. The minimum Gasteiger partial charge on any atom is -0.481 e. The number of aliphatic carboxylic acids is 1. The van der Waals surface area contributed by atoms with Crippen LogP contribution < -0.4 is 5.32 Å². The van der Waals surface area contributed by atoms with E-state index in [1.54, 1.807) is 0 Å². The van der Waals surface area contributed by atoms with Gasteiger partial charge in [0.1, 0.15) is 0 Å². The van der Waals surface area contributed by atoms with Crippen LogP contribution in [-0.4, -0.2) is 22.6 Å². The normalized spacial score (nSPS) is 16.2. The third-order valence-corrected chi connectivity index (χ3v) is 4.27. The highest BCUT2D eigenvalue weighted by Crippen LogP contribution is 2.33. The summed E-state index contributed by atoms with van der Waals surface area (Å²) in [6, 6.07) is 17.7. The van der Waals surface area contributed by atoms with Crippen LogP contribution in [0.1, 0.15) is 35.3 Å². The second kappa shape index (κ2) is 6.89. The molecule has 0 bridgehead atoms. The lowest BCUT2D eigenvalue weighted by Crippen LogP contribution is -2.30. The van der Waals surface area contributed by atoms with Crippen LogP contribution in [0.15, 0.2) is 48.5 Å². The Bertz CT molecular complexity index is 846. The van der Waals surface area contributed by atoms with Crippen LogP contribution >= 0.6 is 0 Å². The van der Waals surface area contributed by atoms with Crippen LogP contribution in [-0.2, 0) is 11.2 Å². The Morgan fingerprint density at radius 2 is 1.79 bits per heavy atom. The summed E-state index contributed by atoms with van der Waals surface area (Å²) in [4.78, 5) is 12.6. The predicted octanol–water partition coefficient (Wildman–Crippen LogP) is 3.80. The number of aromatic amines is 1. The molecule has 0 fully saturated rings. The number of aromatic nitrogens is 1. The van der Waals surface area contributed by atoms with Crippen LogP contribution in [0.2, 0.25) is 0 Å². The molecule has 124 valence electrons. The molecule has 3 aromatic rings.